The van der Waals surface area contributed by atoms with Gasteiger partial charge in [-0.05, 0) is 69.1 Å². The van der Waals surface area contributed by atoms with Crippen molar-refractivity contribution in [2.45, 2.75) is 48.4 Å². The summed E-state index contributed by atoms with van der Waals surface area (Å²) in [6.07, 6.45) is 2.19. The molecule has 4 heterocycles. The first-order valence-electron chi connectivity index (χ1n) is 16.1. The van der Waals surface area contributed by atoms with E-state index in [4.69, 9.17) is 14.2 Å². The molecule has 0 spiro atoms. The summed E-state index contributed by atoms with van der Waals surface area (Å²) in [6.45, 7) is 3.65. The zero-order valence-corrected chi connectivity index (χ0v) is 27.3. The molecule has 10 nitrogen and oxygen atoms in total. The van der Waals surface area contributed by atoms with E-state index in [2.05, 4.69) is 9.88 Å². The number of rotatable bonds is 11. The van der Waals surface area contributed by atoms with Crippen LogP contribution in [0.1, 0.15) is 36.8 Å². The zero-order valence-electron chi connectivity index (χ0n) is 26.5. The first kappa shape index (κ1) is 34.2. The number of likely N-dealkylation sites (tertiary alicyclic amines) is 2. The summed E-state index contributed by atoms with van der Waals surface area (Å²) in [4.78, 5) is 20.8. The molecule has 3 aromatic rings. The number of pyridine rings is 1. The second kappa shape index (κ2) is 14.4. The predicted octanol–water partition coefficient (Wildman–Crippen LogP) is 4.70. The number of alkyl halides is 3. The lowest BCUT2D eigenvalue weighted by molar-refractivity contribution is -0.144. The van der Waals surface area contributed by atoms with E-state index in [0.717, 1.165) is 47.7 Å². The molecule has 2 fully saturated rings. The smallest absolute Gasteiger partial charge is 0.417 e. The monoisotopic (exact) mass is 688 g/mol. The van der Waals surface area contributed by atoms with Crippen LogP contribution >= 0.6 is 0 Å². The molecule has 3 aliphatic rings. The van der Waals surface area contributed by atoms with Crippen LogP contribution in [-0.2, 0) is 36.1 Å². The number of piperidine rings is 1. The average molecular weight is 689 g/mol. The second-order valence-corrected chi connectivity index (χ2v) is 14.0. The van der Waals surface area contributed by atoms with Crippen LogP contribution in [0, 0.1) is 0 Å². The van der Waals surface area contributed by atoms with Crippen molar-refractivity contribution < 1.29 is 40.6 Å². The van der Waals surface area contributed by atoms with E-state index >= 15 is 0 Å². The quantitative estimate of drug-likeness (QED) is 0.286. The van der Waals surface area contributed by atoms with Gasteiger partial charge >= 0.3 is 6.18 Å². The van der Waals surface area contributed by atoms with E-state index < -0.39 is 38.3 Å². The number of anilines is 1. The van der Waals surface area contributed by atoms with Gasteiger partial charge in [0.05, 0.1) is 35.0 Å². The third kappa shape index (κ3) is 7.31. The number of ether oxygens (including phenoxy) is 3. The van der Waals surface area contributed by atoms with Gasteiger partial charge in [-0.25, -0.2) is 8.42 Å². The fourth-order valence-electron chi connectivity index (χ4n) is 6.70. The number of para-hydroxylation sites is 2. The Morgan fingerprint density at radius 3 is 2.44 bits per heavy atom. The number of aromatic nitrogens is 1. The molecule has 258 valence electrons. The lowest BCUT2D eigenvalue weighted by Gasteiger charge is -2.42. The number of benzene rings is 2. The van der Waals surface area contributed by atoms with E-state index in [1.54, 1.807) is 29.3 Å². The molecule has 2 aromatic carbocycles. The maximum atomic E-state index is 13.9. The van der Waals surface area contributed by atoms with Crippen molar-refractivity contribution in [1.82, 2.24) is 14.8 Å². The Bertz CT molecular complexity index is 1660. The number of halogens is 3. The van der Waals surface area contributed by atoms with Gasteiger partial charge in [-0.1, -0.05) is 30.3 Å². The number of sulfonamides is 1. The van der Waals surface area contributed by atoms with Gasteiger partial charge in [-0.3, -0.25) is 14.1 Å². The van der Waals surface area contributed by atoms with Crippen LogP contribution in [0.4, 0.5) is 18.9 Å². The summed E-state index contributed by atoms with van der Waals surface area (Å²) >= 11 is 0. The van der Waals surface area contributed by atoms with Crippen LogP contribution < -0.4 is 9.04 Å². The summed E-state index contributed by atoms with van der Waals surface area (Å²) in [5.41, 5.74) is -0.773. The summed E-state index contributed by atoms with van der Waals surface area (Å²) in [5, 5.41) is 0. The molecule has 0 N–H and O–H groups in total. The van der Waals surface area contributed by atoms with Crippen LogP contribution in [0.3, 0.4) is 0 Å². The number of hydrogen-bond donors (Lipinski definition) is 0. The van der Waals surface area contributed by atoms with E-state index in [1.165, 1.54) is 25.0 Å². The Morgan fingerprint density at radius 1 is 0.979 bits per heavy atom. The van der Waals surface area contributed by atoms with Gasteiger partial charge in [-0.2, -0.15) is 13.2 Å². The number of carbonyl (C=O) groups is 1. The number of fused-ring (bicyclic) bond motifs is 1. The SMILES string of the molecule is O=C(COCC1COc2ccccc2N1S(=O)(=O)c1ccccc1C(F)(F)F)N1CCC(OCCN2CCCC2)(c2cccnc2)CC1. The number of amides is 1. The molecule has 3 aliphatic heterocycles. The van der Waals surface area contributed by atoms with Crippen molar-refractivity contribution in [2.24, 2.45) is 0 Å². The first-order valence-corrected chi connectivity index (χ1v) is 17.6. The van der Waals surface area contributed by atoms with E-state index in [0.29, 0.717) is 32.5 Å². The van der Waals surface area contributed by atoms with Crippen molar-refractivity contribution in [2.75, 3.05) is 63.5 Å². The van der Waals surface area contributed by atoms with Crippen LogP contribution in [0.25, 0.3) is 0 Å². The van der Waals surface area contributed by atoms with Gasteiger partial charge in [0, 0.05) is 37.6 Å². The normalized spacial score (nSPS) is 19.9. The minimum absolute atomic E-state index is 0.0909. The molecule has 0 saturated carbocycles. The van der Waals surface area contributed by atoms with Crippen molar-refractivity contribution in [1.29, 1.82) is 0 Å². The largest absolute Gasteiger partial charge is 0.489 e. The fourth-order valence-corrected chi connectivity index (χ4v) is 8.55. The Balaban J connectivity index is 1.11. The van der Waals surface area contributed by atoms with Crippen LogP contribution in [-0.4, -0.2) is 94.3 Å². The lowest BCUT2D eigenvalue weighted by atomic mass is 9.85. The number of carbonyl (C=O) groups excluding carboxylic acids is 1. The number of nitrogens with zero attached hydrogens (tertiary/aromatic N) is 4. The van der Waals surface area contributed by atoms with E-state index in [1.807, 2.05) is 18.3 Å². The molecular weight excluding hydrogens is 649 g/mol. The molecule has 14 heteroatoms. The Kier molecular flexibility index (Phi) is 10.3. The highest BCUT2D eigenvalue weighted by Crippen LogP contribution is 2.41. The van der Waals surface area contributed by atoms with Gasteiger partial charge in [0.15, 0.2) is 0 Å². The summed E-state index contributed by atoms with van der Waals surface area (Å²) in [6, 6.07) is 13.2. The molecule has 1 amide bonds. The summed E-state index contributed by atoms with van der Waals surface area (Å²) < 4.78 is 88.5. The highest BCUT2D eigenvalue weighted by Gasteiger charge is 2.43. The zero-order chi connectivity index (χ0) is 33.8. The Hall–Kier alpha value is -3.72. The van der Waals surface area contributed by atoms with Crippen LogP contribution in [0.5, 0.6) is 5.75 Å². The van der Waals surface area contributed by atoms with Gasteiger partial charge in [0.25, 0.3) is 10.0 Å². The van der Waals surface area contributed by atoms with Crippen molar-refractivity contribution in [3.63, 3.8) is 0 Å². The topological polar surface area (TPSA) is 102 Å². The van der Waals surface area contributed by atoms with Crippen LogP contribution in [0.2, 0.25) is 0 Å². The van der Waals surface area contributed by atoms with Gasteiger partial charge in [0.2, 0.25) is 5.91 Å². The van der Waals surface area contributed by atoms with Gasteiger partial charge < -0.3 is 24.0 Å². The molecule has 1 atom stereocenters. The van der Waals surface area contributed by atoms with Crippen LogP contribution in [0.15, 0.2) is 78.0 Å². The second-order valence-electron chi connectivity index (χ2n) is 12.3. The molecule has 2 saturated heterocycles. The fraction of sp³-hybridized carbons (Fsp3) is 0.471. The predicted molar refractivity (Wildman–Crippen MR) is 171 cm³/mol. The molecule has 0 radical (unpaired) electrons. The molecule has 1 aromatic heterocycles. The Labute approximate surface area is 278 Å². The molecule has 0 aliphatic carbocycles. The summed E-state index contributed by atoms with van der Waals surface area (Å²) in [5.74, 6) is -0.0632. The minimum atomic E-state index is -4.89. The number of hydrogen-bond acceptors (Lipinski definition) is 8. The molecule has 1 unspecified atom stereocenters. The molecular formula is C34H39F3N4O6S. The summed E-state index contributed by atoms with van der Waals surface area (Å²) in [7, 11) is -4.73. The molecule has 0 bridgehead atoms. The lowest BCUT2D eigenvalue weighted by Crippen LogP contribution is -2.50. The minimum Gasteiger partial charge on any atom is -0.489 e. The van der Waals surface area contributed by atoms with E-state index in [9.17, 15) is 26.4 Å². The van der Waals surface area contributed by atoms with Crippen molar-refractivity contribution in [3.8, 4) is 5.75 Å². The van der Waals surface area contributed by atoms with Gasteiger partial charge in [-0.15, -0.1) is 0 Å². The Morgan fingerprint density at radius 2 is 1.71 bits per heavy atom. The third-order valence-corrected chi connectivity index (χ3v) is 11.2. The third-order valence-electron chi connectivity index (χ3n) is 9.23. The van der Waals surface area contributed by atoms with Crippen molar-refractivity contribution in [3.05, 3.63) is 84.2 Å². The van der Waals surface area contributed by atoms with E-state index in [-0.39, 0.29) is 37.2 Å². The standard InChI is InChI=1S/C34H39F3N4O6S/c35-34(36,37)28-9-1-4-12-31(28)48(43,44)41-27(24-46-30-11-3-2-10-29(30)41)23-45-25-32(42)40-18-13-33(14-19-40,26-8-7-15-38-22-26)47-21-20-39-16-5-6-17-39/h1-4,7-12,15,22,27H,5-6,13-14,16-21,23-25H2. The highest BCUT2D eigenvalue weighted by molar-refractivity contribution is 7.93. The maximum absolute atomic E-state index is 13.9. The van der Waals surface area contributed by atoms with Gasteiger partial charge in [0.1, 0.15) is 25.0 Å². The van der Waals surface area contributed by atoms with Crippen molar-refractivity contribution >= 4 is 21.6 Å². The molecule has 6 rings (SSSR count). The highest BCUT2D eigenvalue weighted by atomic mass is 32.2. The average Bonchev–Trinajstić information content (AvgIpc) is 3.62. The first-order chi connectivity index (χ1) is 23.1. The molecule has 48 heavy (non-hydrogen) atoms. The maximum Gasteiger partial charge on any atom is 0.417 e.